The molecule has 1 aliphatic heterocycles. The van der Waals surface area contributed by atoms with Crippen LogP contribution < -0.4 is 15.4 Å². The number of nitrogens with zero attached hydrogens (tertiary/aromatic N) is 2. The number of rotatable bonds is 7. The topological polar surface area (TPSA) is 73.9 Å². The van der Waals surface area contributed by atoms with Gasteiger partial charge in [0.15, 0.2) is 0 Å². The van der Waals surface area contributed by atoms with Crippen molar-refractivity contribution >= 4 is 17.5 Å². The van der Waals surface area contributed by atoms with Crippen molar-refractivity contribution in [3.8, 4) is 5.75 Å². The molecule has 3 unspecified atom stereocenters. The Morgan fingerprint density at radius 2 is 1.55 bits per heavy atom. The van der Waals surface area contributed by atoms with E-state index < -0.39 is 6.36 Å². The van der Waals surface area contributed by atoms with E-state index in [0.717, 1.165) is 25.0 Å². The molecular weight excluding hydrogens is 437 g/mol. The van der Waals surface area contributed by atoms with Crippen LogP contribution >= 0.6 is 0 Å². The Bertz CT molecular complexity index is 795. The van der Waals surface area contributed by atoms with Gasteiger partial charge in [-0.1, -0.05) is 26.7 Å². The molecule has 1 saturated heterocycles. The molecule has 1 saturated carbocycles. The molecule has 3 atom stereocenters. The highest BCUT2D eigenvalue weighted by Gasteiger charge is 2.31. The molecule has 184 valence electrons. The fourth-order valence-corrected chi connectivity index (χ4v) is 4.49. The Morgan fingerprint density at radius 1 is 0.970 bits per heavy atom. The number of alkyl halides is 3. The quantitative estimate of drug-likeness (QED) is 0.641. The van der Waals surface area contributed by atoms with Crippen LogP contribution in [0.4, 0.5) is 18.9 Å². The highest BCUT2D eigenvalue weighted by atomic mass is 19.4. The second-order valence-electron chi connectivity index (χ2n) is 9.11. The van der Waals surface area contributed by atoms with Crippen LogP contribution in [0.2, 0.25) is 0 Å². The summed E-state index contributed by atoms with van der Waals surface area (Å²) in [6.45, 7) is 7.72. The molecule has 1 aliphatic carbocycles. The van der Waals surface area contributed by atoms with Crippen LogP contribution in [-0.4, -0.2) is 73.3 Å². The zero-order chi connectivity index (χ0) is 24.0. The average molecular weight is 471 g/mol. The summed E-state index contributed by atoms with van der Waals surface area (Å²) in [6.07, 6.45) is -1.33. The SMILES string of the molecule is CC1CCCC(NC(=O)CN2CCN(CC(=O)Nc3ccc(OC(F)(F)F)cc3)CC2)C1C. The molecule has 2 aliphatic rings. The second kappa shape index (κ2) is 11.2. The maximum atomic E-state index is 12.5. The summed E-state index contributed by atoms with van der Waals surface area (Å²) in [7, 11) is 0. The zero-order valence-corrected chi connectivity index (χ0v) is 19.2. The smallest absolute Gasteiger partial charge is 0.406 e. The first kappa shape index (κ1) is 25.3. The van der Waals surface area contributed by atoms with Crippen molar-refractivity contribution in [2.75, 3.05) is 44.6 Å². The van der Waals surface area contributed by atoms with Crippen molar-refractivity contribution < 1.29 is 27.5 Å². The van der Waals surface area contributed by atoms with Crippen molar-refractivity contribution in [3.05, 3.63) is 24.3 Å². The van der Waals surface area contributed by atoms with E-state index >= 15 is 0 Å². The predicted molar refractivity (Wildman–Crippen MR) is 119 cm³/mol. The molecule has 0 bridgehead atoms. The molecular formula is C23H33F3N4O3. The third-order valence-electron chi connectivity index (χ3n) is 6.62. The average Bonchev–Trinajstić information content (AvgIpc) is 2.73. The number of benzene rings is 1. The predicted octanol–water partition coefficient (Wildman–Crippen LogP) is 3.08. The first-order valence-electron chi connectivity index (χ1n) is 11.5. The van der Waals surface area contributed by atoms with E-state index in [2.05, 4.69) is 34.1 Å². The number of anilines is 1. The van der Waals surface area contributed by atoms with Crippen molar-refractivity contribution in [1.29, 1.82) is 0 Å². The molecule has 0 spiro atoms. The standard InChI is InChI=1S/C23H33F3N4O3/c1-16-4-3-5-20(17(16)2)28-22(32)15-30-12-10-29(11-13-30)14-21(31)27-18-6-8-19(9-7-18)33-23(24,25)26/h6-9,16-17,20H,3-5,10-15H2,1-2H3,(H,27,31)(H,28,32). The number of carbonyl (C=O) groups is 2. The summed E-state index contributed by atoms with van der Waals surface area (Å²) in [6, 6.07) is 5.29. The molecule has 1 aromatic rings. The highest BCUT2D eigenvalue weighted by Crippen LogP contribution is 2.29. The lowest BCUT2D eigenvalue weighted by molar-refractivity contribution is -0.274. The van der Waals surface area contributed by atoms with Gasteiger partial charge in [-0.3, -0.25) is 19.4 Å². The van der Waals surface area contributed by atoms with Gasteiger partial charge in [0.25, 0.3) is 0 Å². The number of halogens is 3. The van der Waals surface area contributed by atoms with Gasteiger partial charge >= 0.3 is 6.36 Å². The fourth-order valence-electron chi connectivity index (χ4n) is 4.49. The van der Waals surface area contributed by atoms with Gasteiger partial charge < -0.3 is 15.4 Å². The van der Waals surface area contributed by atoms with Gasteiger partial charge in [0.2, 0.25) is 11.8 Å². The minimum atomic E-state index is -4.75. The summed E-state index contributed by atoms with van der Waals surface area (Å²) in [5, 5.41) is 5.88. The highest BCUT2D eigenvalue weighted by molar-refractivity contribution is 5.92. The molecule has 2 fully saturated rings. The molecule has 0 radical (unpaired) electrons. The van der Waals surface area contributed by atoms with Crippen LogP contribution in [0.5, 0.6) is 5.75 Å². The monoisotopic (exact) mass is 470 g/mol. The number of nitrogens with one attached hydrogen (secondary N) is 2. The molecule has 2 N–H and O–H groups in total. The van der Waals surface area contributed by atoms with E-state index in [9.17, 15) is 22.8 Å². The van der Waals surface area contributed by atoms with Crippen LogP contribution in [0.3, 0.4) is 0 Å². The van der Waals surface area contributed by atoms with Crippen molar-refractivity contribution in [3.63, 3.8) is 0 Å². The summed E-state index contributed by atoms with van der Waals surface area (Å²) in [4.78, 5) is 28.9. The largest absolute Gasteiger partial charge is 0.573 e. The maximum absolute atomic E-state index is 12.5. The molecule has 0 aromatic heterocycles. The Kier molecular flexibility index (Phi) is 8.58. The van der Waals surface area contributed by atoms with Gasteiger partial charge in [-0.25, -0.2) is 0 Å². The molecule has 3 rings (SSSR count). The Labute approximate surface area is 192 Å². The Hall–Kier alpha value is -2.33. The van der Waals surface area contributed by atoms with Gasteiger partial charge in [-0.15, -0.1) is 13.2 Å². The van der Waals surface area contributed by atoms with Crippen LogP contribution in [0.1, 0.15) is 33.1 Å². The number of carbonyl (C=O) groups excluding carboxylic acids is 2. The van der Waals surface area contributed by atoms with Gasteiger partial charge in [0.1, 0.15) is 5.75 Å². The van der Waals surface area contributed by atoms with Crippen molar-refractivity contribution in [2.24, 2.45) is 11.8 Å². The third-order valence-corrected chi connectivity index (χ3v) is 6.62. The van der Waals surface area contributed by atoms with Crippen LogP contribution in [-0.2, 0) is 9.59 Å². The van der Waals surface area contributed by atoms with Gasteiger partial charge in [0, 0.05) is 37.9 Å². The van der Waals surface area contributed by atoms with E-state index in [1.54, 1.807) is 0 Å². The van der Waals surface area contributed by atoms with E-state index in [4.69, 9.17) is 0 Å². The van der Waals surface area contributed by atoms with Gasteiger partial charge in [-0.05, 0) is 42.5 Å². The maximum Gasteiger partial charge on any atom is 0.573 e. The third kappa shape index (κ3) is 8.19. The Morgan fingerprint density at radius 3 is 2.12 bits per heavy atom. The summed E-state index contributed by atoms with van der Waals surface area (Å²) >= 11 is 0. The van der Waals surface area contributed by atoms with Crippen molar-refractivity contribution in [1.82, 2.24) is 15.1 Å². The lowest BCUT2D eigenvalue weighted by Crippen LogP contribution is -2.52. The molecule has 33 heavy (non-hydrogen) atoms. The second-order valence-corrected chi connectivity index (χ2v) is 9.11. The van der Waals surface area contributed by atoms with E-state index in [1.165, 1.54) is 18.6 Å². The minimum absolute atomic E-state index is 0.0603. The molecule has 1 heterocycles. The van der Waals surface area contributed by atoms with Crippen LogP contribution in [0.25, 0.3) is 0 Å². The van der Waals surface area contributed by atoms with Crippen LogP contribution in [0.15, 0.2) is 24.3 Å². The number of piperazine rings is 1. The van der Waals surface area contributed by atoms with Crippen LogP contribution in [0, 0.1) is 11.8 Å². The summed E-state index contributed by atoms with van der Waals surface area (Å²) in [5.74, 6) is 0.598. The number of ether oxygens (including phenoxy) is 1. The minimum Gasteiger partial charge on any atom is -0.406 e. The first-order valence-corrected chi connectivity index (χ1v) is 11.5. The van der Waals surface area contributed by atoms with Gasteiger partial charge in [0.05, 0.1) is 13.1 Å². The zero-order valence-electron chi connectivity index (χ0n) is 19.2. The lowest BCUT2D eigenvalue weighted by Gasteiger charge is -2.36. The summed E-state index contributed by atoms with van der Waals surface area (Å²) in [5.41, 5.74) is 0.399. The molecule has 10 heteroatoms. The van der Waals surface area contributed by atoms with Gasteiger partial charge in [-0.2, -0.15) is 0 Å². The number of hydrogen-bond acceptors (Lipinski definition) is 5. The lowest BCUT2D eigenvalue weighted by atomic mass is 9.78. The first-order chi connectivity index (χ1) is 15.6. The molecule has 2 amide bonds. The molecule has 7 nitrogen and oxygen atoms in total. The van der Waals surface area contributed by atoms with E-state index in [0.29, 0.717) is 50.2 Å². The van der Waals surface area contributed by atoms with E-state index in [1.807, 2.05) is 4.90 Å². The number of amides is 2. The van der Waals surface area contributed by atoms with Crippen molar-refractivity contribution in [2.45, 2.75) is 45.5 Å². The normalized spacial score (nSPS) is 24.8. The molecule has 1 aromatic carbocycles. The number of hydrogen-bond donors (Lipinski definition) is 2. The Balaban J connectivity index is 1.36. The summed E-state index contributed by atoms with van der Waals surface area (Å²) < 4.78 is 40.5. The fraction of sp³-hybridized carbons (Fsp3) is 0.652. The van der Waals surface area contributed by atoms with E-state index in [-0.39, 0.29) is 30.2 Å².